The number of nitrogens with zero attached hydrogens (tertiary/aromatic N) is 3. The highest BCUT2D eigenvalue weighted by atomic mass is 16.6. The number of aromatic nitrogens is 2. The second kappa shape index (κ2) is 13.2. The van der Waals surface area contributed by atoms with Crippen molar-refractivity contribution in [1.82, 2.24) is 20.2 Å². The third-order valence-corrected chi connectivity index (χ3v) is 4.17. The predicted octanol–water partition coefficient (Wildman–Crippen LogP) is 3.45. The lowest BCUT2D eigenvalue weighted by Crippen LogP contribution is -2.38. The van der Waals surface area contributed by atoms with Crippen molar-refractivity contribution in [2.45, 2.75) is 39.3 Å². The Morgan fingerprint density at radius 3 is 2.58 bits per heavy atom. The molecule has 0 fully saturated rings. The summed E-state index contributed by atoms with van der Waals surface area (Å²) in [5, 5.41) is 5.49. The minimum Gasteiger partial charge on any atom is -0.475 e. The van der Waals surface area contributed by atoms with Crippen LogP contribution in [0.2, 0.25) is 0 Å². The Labute approximate surface area is 194 Å². The molecular formula is C23H33N5O5. The number of anilines is 1. The second-order valence-corrected chi connectivity index (χ2v) is 8.22. The molecule has 180 valence electrons. The number of carbonyl (C=O) groups is 2. The van der Waals surface area contributed by atoms with Crippen LogP contribution in [0, 0.1) is 0 Å². The molecule has 0 aliphatic rings. The van der Waals surface area contributed by atoms with Crippen LogP contribution in [0.5, 0.6) is 5.88 Å². The van der Waals surface area contributed by atoms with E-state index in [9.17, 15) is 9.59 Å². The number of methoxy groups -OCH3 is 1. The van der Waals surface area contributed by atoms with Crippen LogP contribution in [0.4, 0.5) is 15.3 Å². The van der Waals surface area contributed by atoms with E-state index < -0.39 is 11.7 Å². The van der Waals surface area contributed by atoms with Gasteiger partial charge in [-0.2, -0.15) is 0 Å². The van der Waals surface area contributed by atoms with Gasteiger partial charge in [0.15, 0.2) is 0 Å². The minimum atomic E-state index is -0.596. The fraction of sp³-hybridized carbons (Fsp3) is 0.478. The third kappa shape index (κ3) is 10.6. The summed E-state index contributed by atoms with van der Waals surface area (Å²) >= 11 is 0. The molecule has 0 aliphatic carbocycles. The monoisotopic (exact) mass is 459 g/mol. The number of pyridine rings is 2. The van der Waals surface area contributed by atoms with E-state index in [4.69, 9.17) is 14.2 Å². The molecule has 2 N–H and O–H groups in total. The number of hydrogen-bond acceptors (Lipinski definition) is 7. The molecule has 2 heterocycles. The summed E-state index contributed by atoms with van der Waals surface area (Å²) in [5.41, 5.74) is 0.843. The number of rotatable bonds is 11. The molecule has 33 heavy (non-hydrogen) atoms. The first-order valence-electron chi connectivity index (χ1n) is 10.8. The van der Waals surface area contributed by atoms with Crippen LogP contribution in [-0.4, -0.2) is 66.0 Å². The van der Waals surface area contributed by atoms with Gasteiger partial charge in [0, 0.05) is 38.7 Å². The molecule has 2 aromatic rings. The standard InChI is InChI=1S/C23H33N5O5/c1-23(2,3)33-22(30)28(17-18-7-5-10-24-15-18)12-6-11-25-21(29)27-19-8-9-20(26-16-19)32-14-13-31-4/h5,7-10,15-16H,6,11-14,17H2,1-4H3,(H2,25,27,29). The van der Waals surface area contributed by atoms with Gasteiger partial charge in [-0.15, -0.1) is 0 Å². The minimum absolute atomic E-state index is 0.360. The van der Waals surface area contributed by atoms with E-state index in [2.05, 4.69) is 20.6 Å². The highest BCUT2D eigenvalue weighted by molar-refractivity contribution is 5.88. The van der Waals surface area contributed by atoms with Crippen LogP contribution in [0.3, 0.4) is 0 Å². The van der Waals surface area contributed by atoms with E-state index in [1.165, 1.54) is 6.20 Å². The van der Waals surface area contributed by atoms with Crippen molar-refractivity contribution in [3.63, 3.8) is 0 Å². The van der Waals surface area contributed by atoms with Crippen LogP contribution < -0.4 is 15.4 Å². The first kappa shape index (κ1) is 25.9. The number of hydrogen-bond donors (Lipinski definition) is 2. The van der Waals surface area contributed by atoms with E-state index >= 15 is 0 Å². The lowest BCUT2D eigenvalue weighted by atomic mass is 10.2. The second-order valence-electron chi connectivity index (χ2n) is 8.22. The molecule has 0 unspecified atom stereocenters. The summed E-state index contributed by atoms with van der Waals surface area (Å²) in [7, 11) is 1.60. The van der Waals surface area contributed by atoms with E-state index in [-0.39, 0.29) is 6.03 Å². The molecular weight excluding hydrogens is 426 g/mol. The van der Waals surface area contributed by atoms with Gasteiger partial charge < -0.3 is 29.7 Å². The maximum absolute atomic E-state index is 12.6. The van der Waals surface area contributed by atoms with Gasteiger partial charge in [0.1, 0.15) is 12.2 Å². The molecule has 0 aromatic carbocycles. The van der Waals surface area contributed by atoms with E-state index in [1.54, 1.807) is 36.5 Å². The van der Waals surface area contributed by atoms with Crippen molar-refractivity contribution < 1.29 is 23.8 Å². The van der Waals surface area contributed by atoms with Gasteiger partial charge in [-0.3, -0.25) is 4.98 Å². The fourth-order valence-electron chi connectivity index (χ4n) is 2.69. The molecule has 0 bridgehead atoms. The fourth-order valence-corrected chi connectivity index (χ4v) is 2.69. The Morgan fingerprint density at radius 1 is 1.12 bits per heavy atom. The molecule has 0 atom stereocenters. The Hall–Kier alpha value is -3.40. The number of ether oxygens (including phenoxy) is 3. The van der Waals surface area contributed by atoms with Crippen molar-refractivity contribution in [2.24, 2.45) is 0 Å². The maximum atomic E-state index is 12.6. The van der Waals surface area contributed by atoms with E-state index in [0.29, 0.717) is 50.8 Å². The molecule has 0 saturated carbocycles. The summed E-state index contributed by atoms with van der Waals surface area (Å²) in [6.45, 7) is 7.52. The summed E-state index contributed by atoms with van der Waals surface area (Å²) in [6.07, 6.45) is 5.05. The number of urea groups is 1. The van der Waals surface area contributed by atoms with Gasteiger partial charge in [-0.1, -0.05) is 6.07 Å². The number of nitrogens with one attached hydrogen (secondary N) is 2. The van der Waals surface area contributed by atoms with Crippen molar-refractivity contribution in [3.8, 4) is 5.88 Å². The zero-order valence-electron chi connectivity index (χ0n) is 19.7. The van der Waals surface area contributed by atoms with Crippen LogP contribution in [0.15, 0.2) is 42.9 Å². The zero-order chi connectivity index (χ0) is 24.1. The van der Waals surface area contributed by atoms with Crippen molar-refractivity contribution in [3.05, 3.63) is 48.4 Å². The maximum Gasteiger partial charge on any atom is 0.410 e. The summed E-state index contributed by atoms with van der Waals surface area (Å²) in [5.74, 6) is 0.453. The van der Waals surface area contributed by atoms with Gasteiger partial charge >= 0.3 is 12.1 Å². The first-order chi connectivity index (χ1) is 15.8. The predicted molar refractivity (Wildman–Crippen MR) is 124 cm³/mol. The Balaban J connectivity index is 1.79. The van der Waals surface area contributed by atoms with Crippen LogP contribution in [-0.2, 0) is 16.0 Å². The molecule has 0 spiro atoms. The smallest absolute Gasteiger partial charge is 0.410 e. The van der Waals surface area contributed by atoms with Gasteiger partial charge in [0.05, 0.1) is 25.0 Å². The van der Waals surface area contributed by atoms with Crippen molar-refractivity contribution in [1.29, 1.82) is 0 Å². The summed E-state index contributed by atoms with van der Waals surface area (Å²) in [6, 6.07) is 6.73. The largest absolute Gasteiger partial charge is 0.475 e. The van der Waals surface area contributed by atoms with Gasteiger partial charge in [0.25, 0.3) is 0 Å². The van der Waals surface area contributed by atoms with Crippen molar-refractivity contribution in [2.75, 3.05) is 38.7 Å². The van der Waals surface area contributed by atoms with Crippen LogP contribution >= 0.6 is 0 Å². The van der Waals surface area contributed by atoms with Gasteiger partial charge in [-0.05, 0) is 44.9 Å². The average molecular weight is 460 g/mol. The Morgan fingerprint density at radius 2 is 1.94 bits per heavy atom. The van der Waals surface area contributed by atoms with Gasteiger partial charge in [-0.25, -0.2) is 14.6 Å². The normalized spacial score (nSPS) is 10.9. The highest BCUT2D eigenvalue weighted by Gasteiger charge is 2.22. The highest BCUT2D eigenvalue weighted by Crippen LogP contribution is 2.13. The summed E-state index contributed by atoms with van der Waals surface area (Å²) < 4.78 is 15.8. The van der Waals surface area contributed by atoms with Crippen molar-refractivity contribution >= 4 is 17.8 Å². The SMILES string of the molecule is COCCOc1ccc(NC(=O)NCCCN(Cc2cccnc2)C(=O)OC(C)(C)C)cn1. The molecule has 0 aliphatic heterocycles. The van der Waals surface area contributed by atoms with E-state index in [1.807, 2.05) is 32.9 Å². The molecule has 2 aromatic heterocycles. The summed E-state index contributed by atoms with van der Waals surface area (Å²) in [4.78, 5) is 34.6. The number of carbonyl (C=O) groups excluding carboxylic acids is 2. The molecule has 2 rings (SSSR count). The number of amides is 3. The zero-order valence-corrected chi connectivity index (χ0v) is 19.7. The third-order valence-electron chi connectivity index (χ3n) is 4.17. The quantitative estimate of drug-likeness (QED) is 0.495. The van der Waals surface area contributed by atoms with Crippen LogP contribution in [0.25, 0.3) is 0 Å². The lowest BCUT2D eigenvalue weighted by Gasteiger charge is -2.27. The average Bonchev–Trinajstić information content (AvgIpc) is 2.77. The Bertz CT molecular complexity index is 856. The van der Waals surface area contributed by atoms with E-state index in [0.717, 1.165) is 5.56 Å². The molecule has 10 heteroatoms. The molecule has 0 radical (unpaired) electrons. The topological polar surface area (TPSA) is 115 Å². The molecule has 0 saturated heterocycles. The Kier molecular flexibility index (Phi) is 10.4. The molecule has 10 nitrogen and oxygen atoms in total. The molecule has 3 amide bonds. The van der Waals surface area contributed by atoms with Crippen LogP contribution in [0.1, 0.15) is 32.8 Å². The first-order valence-corrected chi connectivity index (χ1v) is 10.8. The lowest BCUT2D eigenvalue weighted by molar-refractivity contribution is 0.0232. The van der Waals surface area contributed by atoms with Gasteiger partial charge in [0.2, 0.25) is 5.88 Å².